The van der Waals surface area contributed by atoms with E-state index in [1.807, 2.05) is 19.1 Å². The lowest BCUT2D eigenvalue weighted by atomic mass is 10.0. The monoisotopic (exact) mass is 336 g/mol. The van der Waals surface area contributed by atoms with Gasteiger partial charge in [-0.2, -0.15) is 0 Å². The number of hydrogen-bond donors (Lipinski definition) is 1. The van der Waals surface area contributed by atoms with Gasteiger partial charge in [-0.15, -0.1) is 11.3 Å². The lowest BCUT2D eigenvalue weighted by Crippen LogP contribution is -2.45. The van der Waals surface area contributed by atoms with Gasteiger partial charge in [0.05, 0.1) is 17.0 Å². The van der Waals surface area contributed by atoms with Gasteiger partial charge in [-0.25, -0.2) is 0 Å². The maximum Gasteiger partial charge on any atom is 0.119 e. The fourth-order valence-electron chi connectivity index (χ4n) is 2.91. The van der Waals surface area contributed by atoms with Gasteiger partial charge in [-0.3, -0.25) is 4.90 Å². The van der Waals surface area contributed by atoms with Crippen molar-refractivity contribution in [1.82, 2.24) is 10.2 Å². The molecule has 0 radical (unpaired) electrons. The quantitative estimate of drug-likeness (QED) is 0.899. The minimum Gasteiger partial charge on any atom is -0.494 e. The summed E-state index contributed by atoms with van der Waals surface area (Å²) in [7, 11) is 0. The number of hydrogen-bond acceptors (Lipinski definition) is 4. The Kier molecular flexibility index (Phi) is 5.37. The van der Waals surface area contributed by atoms with E-state index in [1.165, 1.54) is 10.4 Å². The van der Waals surface area contributed by atoms with E-state index in [4.69, 9.17) is 16.3 Å². The average Bonchev–Trinajstić information content (AvgIpc) is 2.96. The molecule has 1 atom stereocenters. The zero-order chi connectivity index (χ0) is 15.4. The summed E-state index contributed by atoms with van der Waals surface area (Å²) in [6, 6.07) is 12.8. The molecule has 1 saturated heterocycles. The molecule has 22 heavy (non-hydrogen) atoms. The standard InChI is InChI=1S/C17H21ClN2OS/c1-2-21-14-5-3-4-13(12-14)17(15-6-7-16(18)22-15)20-10-8-19-9-11-20/h3-7,12,17,19H,2,8-11H2,1H3. The minimum absolute atomic E-state index is 0.250. The summed E-state index contributed by atoms with van der Waals surface area (Å²) < 4.78 is 6.52. The molecule has 1 aliphatic rings. The summed E-state index contributed by atoms with van der Waals surface area (Å²) in [5.74, 6) is 0.933. The molecule has 1 aromatic heterocycles. The Morgan fingerprint density at radius 3 is 2.77 bits per heavy atom. The minimum atomic E-state index is 0.250. The Hall–Kier alpha value is -1.07. The van der Waals surface area contributed by atoms with Crippen LogP contribution >= 0.6 is 22.9 Å². The van der Waals surface area contributed by atoms with Crippen LogP contribution in [0.3, 0.4) is 0 Å². The van der Waals surface area contributed by atoms with Gasteiger partial charge in [0, 0.05) is 31.1 Å². The van der Waals surface area contributed by atoms with E-state index in [0.29, 0.717) is 6.61 Å². The first kappa shape index (κ1) is 15.8. The smallest absolute Gasteiger partial charge is 0.119 e. The predicted octanol–water partition coefficient (Wildman–Crippen LogP) is 3.79. The van der Waals surface area contributed by atoms with Gasteiger partial charge in [0.25, 0.3) is 0 Å². The molecule has 3 nitrogen and oxygen atoms in total. The molecule has 118 valence electrons. The molecular weight excluding hydrogens is 316 g/mol. The van der Waals surface area contributed by atoms with Crippen molar-refractivity contribution in [3.05, 3.63) is 51.2 Å². The van der Waals surface area contributed by atoms with Crippen LogP contribution in [0, 0.1) is 0 Å². The molecule has 1 aromatic carbocycles. The first-order valence-electron chi connectivity index (χ1n) is 7.70. The predicted molar refractivity (Wildman–Crippen MR) is 93.2 cm³/mol. The van der Waals surface area contributed by atoms with Crippen LogP contribution in [0.15, 0.2) is 36.4 Å². The molecule has 0 spiro atoms. The third-order valence-electron chi connectivity index (χ3n) is 3.87. The van der Waals surface area contributed by atoms with Crippen LogP contribution < -0.4 is 10.1 Å². The van der Waals surface area contributed by atoms with Crippen molar-refractivity contribution in [1.29, 1.82) is 0 Å². The summed E-state index contributed by atoms with van der Waals surface area (Å²) in [4.78, 5) is 3.81. The fourth-order valence-corrected chi connectivity index (χ4v) is 4.14. The first-order chi connectivity index (χ1) is 10.8. The van der Waals surface area contributed by atoms with Crippen LogP contribution in [-0.4, -0.2) is 37.7 Å². The summed E-state index contributed by atoms with van der Waals surface area (Å²) >= 11 is 7.84. The molecule has 0 amide bonds. The molecule has 0 aliphatic carbocycles. The molecule has 2 aromatic rings. The van der Waals surface area contributed by atoms with Gasteiger partial charge in [-0.05, 0) is 36.8 Å². The Labute approximate surface area is 140 Å². The molecule has 0 saturated carbocycles. The van der Waals surface area contributed by atoms with Crippen LogP contribution in [0.25, 0.3) is 0 Å². The topological polar surface area (TPSA) is 24.5 Å². The van der Waals surface area contributed by atoms with Crippen molar-refractivity contribution in [2.45, 2.75) is 13.0 Å². The molecule has 0 bridgehead atoms. The molecule has 1 unspecified atom stereocenters. The zero-order valence-electron chi connectivity index (χ0n) is 12.7. The van der Waals surface area contributed by atoms with E-state index < -0.39 is 0 Å². The Balaban J connectivity index is 1.95. The highest BCUT2D eigenvalue weighted by Crippen LogP contribution is 2.36. The van der Waals surface area contributed by atoms with Crippen molar-refractivity contribution in [2.75, 3.05) is 32.8 Å². The highest BCUT2D eigenvalue weighted by Gasteiger charge is 2.25. The molecule has 1 N–H and O–H groups in total. The Bertz CT molecular complexity index is 610. The largest absolute Gasteiger partial charge is 0.494 e. The zero-order valence-corrected chi connectivity index (χ0v) is 14.3. The molecular formula is C17H21ClN2OS. The van der Waals surface area contributed by atoms with Crippen molar-refractivity contribution >= 4 is 22.9 Å². The number of halogens is 1. The number of thiophene rings is 1. The van der Waals surface area contributed by atoms with Crippen molar-refractivity contribution in [3.8, 4) is 5.75 Å². The number of piperazine rings is 1. The lowest BCUT2D eigenvalue weighted by molar-refractivity contribution is 0.200. The van der Waals surface area contributed by atoms with Crippen molar-refractivity contribution < 1.29 is 4.74 Å². The van der Waals surface area contributed by atoms with Gasteiger partial charge >= 0.3 is 0 Å². The van der Waals surface area contributed by atoms with Crippen molar-refractivity contribution in [2.24, 2.45) is 0 Å². The van der Waals surface area contributed by atoms with Gasteiger partial charge in [-0.1, -0.05) is 23.7 Å². The number of nitrogens with one attached hydrogen (secondary N) is 1. The Morgan fingerprint density at radius 1 is 1.27 bits per heavy atom. The van der Waals surface area contributed by atoms with Crippen LogP contribution in [0.1, 0.15) is 23.4 Å². The van der Waals surface area contributed by atoms with E-state index in [9.17, 15) is 0 Å². The SMILES string of the molecule is CCOc1cccc(C(c2ccc(Cl)s2)N2CCNCC2)c1. The second-order valence-electron chi connectivity index (χ2n) is 5.34. The fraction of sp³-hybridized carbons (Fsp3) is 0.412. The van der Waals surface area contributed by atoms with Gasteiger partial charge < -0.3 is 10.1 Å². The van der Waals surface area contributed by atoms with Gasteiger partial charge in [0.1, 0.15) is 5.75 Å². The summed E-state index contributed by atoms with van der Waals surface area (Å²) in [5.41, 5.74) is 1.27. The van der Waals surface area contributed by atoms with Crippen LogP contribution in [-0.2, 0) is 0 Å². The summed E-state index contributed by atoms with van der Waals surface area (Å²) in [6.07, 6.45) is 0. The van der Waals surface area contributed by atoms with E-state index in [-0.39, 0.29) is 6.04 Å². The molecule has 1 fully saturated rings. The summed E-state index contributed by atoms with van der Waals surface area (Å²) in [6.45, 7) is 6.84. The highest BCUT2D eigenvalue weighted by molar-refractivity contribution is 7.16. The van der Waals surface area contributed by atoms with Crippen molar-refractivity contribution in [3.63, 3.8) is 0 Å². The van der Waals surface area contributed by atoms with Crippen LogP contribution in [0.5, 0.6) is 5.75 Å². The number of benzene rings is 1. The van der Waals surface area contributed by atoms with Crippen LogP contribution in [0.2, 0.25) is 4.34 Å². The maximum atomic E-state index is 6.17. The number of rotatable bonds is 5. The third kappa shape index (κ3) is 3.63. The first-order valence-corrected chi connectivity index (χ1v) is 8.90. The summed E-state index contributed by atoms with van der Waals surface area (Å²) in [5, 5.41) is 3.42. The second kappa shape index (κ2) is 7.47. The van der Waals surface area contributed by atoms with E-state index >= 15 is 0 Å². The Morgan fingerprint density at radius 2 is 2.09 bits per heavy atom. The molecule has 2 heterocycles. The van der Waals surface area contributed by atoms with E-state index in [0.717, 1.165) is 36.3 Å². The average molecular weight is 337 g/mol. The van der Waals surface area contributed by atoms with Crippen LogP contribution in [0.4, 0.5) is 0 Å². The number of ether oxygens (including phenoxy) is 1. The molecule has 3 rings (SSSR count). The normalized spacial score (nSPS) is 17.4. The van der Waals surface area contributed by atoms with Gasteiger partial charge in [0.15, 0.2) is 0 Å². The third-order valence-corrected chi connectivity index (χ3v) is 5.15. The second-order valence-corrected chi connectivity index (χ2v) is 7.08. The van der Waals surface area contributed by atoms with E-state index in [1.54, 1.807) is 11.3 Å². The maximum absolute atomic E-state index is 6.17. The van der Waals surface area contributed by atoms with E-state index in [2.05, 4.69) is 34.5 Å². The number of nitrogens with zero attached hydrogens (tertiary/aromatic N) is 1. The molecule has 1 aliphatic heterocycles. The van der Waals surface area contributed by atoms with Gasteiger partial charge in [0.2, 0.25) is 0 Å². The molecule has 5 heteroatoms. The lowest BCUT2D eigenvalue weighted by Gasteiger charge is -2.34. The highest BCUT2D eigenvalue weighted by atomic mass is 35.5.